The maximum Gasteiger partial charge on any atom is 0.295 e. The molecule has 0 bridgehead atoms. The zero-order valence-corrected chi connectivity index (χ0v) is 73.9. The van der Waals surface area contributed by atoms with Gasteiger partial charge < -0.3 is 74.4 Å². The molecule has 0 radical (unpaired) electrons. The Morgan fingerprint density at radius 2 is 0.421 bits per heavy atom. The third-order valence-corrected chi connectivity index (χ3v) is 27.8. The largest absolute Gasteiger partial charge is 0.359 e. The Bertz CT molecular complexity index is 5380. The second kappa shape index (κ2) is 44.3. The van der Waals surface area contributed by atoms with Crippen LogP contribution in [0, 0.1) is 0 Å². The van der Waals surface area contributed by atoms with Crippen molar-refractivity contribution in [3.8, 4) is 11.1 Å². The van der Waals surface area contributed by atoms with Crippen molar-refractivity contribution in [2.75, 3.05) is 141 Å². The standard InChI is InChI=1S/C74H94N24O22S6/c1-75-61(99)25-33-95(34-26-62(100)76-2)121(107,108)53-17-9-13-47(41-53)83-69-89-70(84-48-14-10-18-54(42-48)122(109,110)96(35-27-63(101)77-3)36-28-64(102)78-4)92-73(91-69)87-51-21-23-57(59(45-51)125(115,116)117)58-24-22-52(46-60(58)126(118,119)120)88-74-93-71(85-49-15-11-19-55(43-49)123(111,112)97(37-29-65(103)79-5)38-30-66(104)80-6)90-72(94-74)86-50-16-12-20-56(44-50)124(113,114)98(39-31-67(105)81-7)40-32-68(106)82-8/h9-24,41-46H,25-40H2,1-8H3,(H,75,99)(H,76,100)(H,77,101)(H,78,102)(H,79,103)(H,80,104)(H,81,105)(H,82,106)(H,115,116,117)(H,118,119,120)(H3,83,84,87,89,91,92)(H3,85,86,88,90,93,94). The van der Waals surface area contributed by atoms with E-state index in [-0.39, 0.29) is 157 Å². The molecule has 52 heteroatoms. The number of benzene rings is 6. The number of nitrogens with zero attached hydrogens (tertiary/aromatic N) is 10. The molecule has 0 spiro atoms. The smallest absolute Gasteiger partial charge is 0.295 e. The van der Waals surface area contributed by atoms with Crippen LogP contribution in [-0.4, -0.2) is 263 Å². The van der Waals surface area contributed by atoms with Crippen LogP contribution in [0.3, 0.4) is 0 Å². The second-order valence-electron chi connectivity index (χ2n) is 26.8. The van der Waals surface area contributed by atoms with E-state index in [1.165, 1.54) is 153 Å². The minimum atomic E-state index is -5.48. The summed E-state index contributed by atoms with van der Waals surface area (Å²) in [5.41, 5.74) is -1.72. The second-order valence-corrected chi connectivity index (χ2v) is 37.4. The highest BCUT2D eigenvalue weighted by Crippen LogP contribution is 2.38. The molecule has 2 heterocycles. The Kier molecular flexibility index (Phi) is 34.7. The van der Waals surface area contributed by atoms with Gasteiger partial charge in [0.2, 0.25) is 123 Å². The van der Waals surface area contributed by atoms with Gasteiger partial charge in [-0.15, -0.1) is 0 Å². The fourth-order valence-corrected chi connectivity index (χ4v) is 19.1. The molecular formula is C74H94N24O22S6. The zero-order chi connectivity index (χ0) is 92.5. The normalized spacial score (nSPS) is 11.9. The van der Waals surface area contributed by atoms with Gasteiger partial charge in [-0.2, -0.15) is 64.0 Å². The maximum absolute atomic E-state index is 14.3. The van der Waals surface area contributed by atoms with Crippen molar-refractivity contribution in [3.63, 3.8) is 0 Å². The van der Waals surface area contributed by atoms with Crippen LogP contribution in [0.25, 0.3) is 11.1 Å². The van der Waals surface area contributed by atoms with Crippen LogP contribution in [0.4, 0.5) is 69.8 Å². The maximum atomic E-state index is 14.3. The van der Waals surface area contributed by atoms with Gasteiger partial charge in [-0.1, -0.05) is 36.4 Å². The summed E-state index contributed by atoms with van der Waals surface area (Å²) >= 11 is 0. The SMILES string of the molecule is CNC(=O)CCN(CCC(=O)NC)S(=O)(=O)c1cccc(Nc2nc(Nc3cccc(S(=O)(=O)N(CCC(=O)NC)CCC(=O)NC)c3)nc(Nc3ccc(-c4ccc(Nc5nc(Nc6cccc(S(=O)(=O)N(CCC(=O)NC)CCC(=O)NC)c6)nc(Nc6cccc(S(=O)(=O)N(CCC(=O)NC)CCC(=O)NC)c6)n5)cc4S(=O)(=O)O)c(S(=O)(=O)O)c3)n2)c1. The molecule has 8 aromatic rings. The number of amides is 8. The molecule has 0 atom stereocenters. The number of anilines is 12. The molecule has 0 saturated carbocycles. The molecule has 6 aromatic carbocycles. The number of carbonyl (C=O) groups is 8. The predicted molar refractivity (Wildman–Crippen MR) is 461 cm³/mol. The van der Waals surface area contributed by atoms with Gasteiger partial charge in [0.05, 0.1) is 19.6 Å². The van der Waals surface area contributed by atoms with Crippen molar-refractivity contribution in [2.24, 2.45) is 0 Å². The van der Waals surface area contributed by atoms with Crippen molar-refractivity contribution < 1.29 is 98.0 Å². The lowest BCUT2D eigenvalue weighted by Gasteiger charge is -2.22. The van der Waals surface area contributed by atoms with Gasteiger partial charge in [-0.25, -0.2) is 33.7 Å². The molecule has 0 fully saturated rings. The Balaban J connectivity index is 1.21. The summed E-state index contributed by atoms with van der Waals surface area (Å²) < 4.78 is 195. The number of hydrogen-bond acceptors (Lipinski definition) is 32. The molecule has 0 aliphatic carbocycles. The van der Waals surface area contributed by atoms with E-state index in [1.54, 1.807) is 0 Å². The van der Waals surface area contributed by atoms with Crippen molar-refractivity contribution in [3.05, 3.63) is 133 Å². The molecular weight excluding hydrogens is 1770 g/mol. The average molecular weight is 1860 g/mol. The van der Waals surface area contributed by atoms with Gasteiger partial charge in [0, 0.05) is 205 Å². The predicted octanol–water partition coefficient (Wildman–Crippen LogP) is 1.73. The lowest BCUT2D eigenvalue weighted by Crippen LogP contribution is -2.37. The van der Waals surface area contributed by atoms with Crippen LogP contribution in [-0.2, 0) is 98.7 Å². The molecule has 46 nitrogen and oxygen atoms in total. The van der Waals surface area contributed by atoms with Crippen LogP contribution in [0.1, 0.15) is 51.4 Å². The van der Waals surface area contributed by atoms with E-state index in [4.69, 9.17) is 0 Å². The Labute approximate surface area is 726 Å². The molecule has 0 saturated heterocycles. The highest BCUT2D eigenvalue weighted by Gasteiger charge is 2.33. The lowest BCUT2D eigenvalue weighted by atomic mass is 10.0. The minimum Gasteiger partial charge on any atom is -0.359 e. The summed E-state index contributed by atoms with van der Waals surface area (Å²) in [4.78, 5) is 122. The summed E-state index contributed by atoms with van der Waals surface area (Å²) in [6, 6.07) is 26.6. The lowest BCUT2D eigenvalue weighted by molar-refractivity contribution is -0.122. The monoisotopic (exact) mass is 1860 g/mol. The first kappa shape index (κ1) is 98.8. The number of sulfonamides is 4. The van der Waals surface area contributed by atoms with Gasteiger partial charge in [-0.05, 0) is 97.1 Å². The molecule has 8 rings (SSSR count). The van der Waals surface area contributed by atoms with Crippen molar-refractivity contribution >= 4 is 177 Å². The van der Waals surface area contributed by atoms with Gasteiger partial charge in [0.1, 0.15) is 9.79 Å². The van der Waals surface area contributed by atoms with Crippen LogP contribution in [0.5, 0.6) is 0 Å². The molecule has 0 unspecified atom stereocenters. The fraction of sp³-hybridized carbons (Fsp3) is 0.324. The molecule has 2 aromatic heterocycles. The van der Waals surface area contributed by atoms with Gasteiger partial charge >= 0.3 is 0 Å². The third kappa shape index (κ3) is 27.7. The van der Waals surface area contributed by atoms with E-state index >= 15 is 0 Å². The van der Waals surface area contributed by atoms with Crippen LogP contribution in [0.15, 0.2) is 163 Å². The number of rotatable bonds is 47. The van der Waals surface area contributed by atoms with Crippen molar-refractivity contribution in [1.29, 1.82) is 0 Å². The molecule has 8 amide bonds. The van der Waals surface area contributed by atoms with E-state index in [1.807, 2.05) is 0 Å². The highest BCUT2D eigenvalue weighted by atomic mass is 32.2. The van der Waals surface area contributed by atoms with Gasteiger partial charge in [0.15, 0.2) is 0 Å². The average Bonchev–Trinajstić information content (AvgIpc) is 0.778. The first-order valence-corrected chi connectivity index (χ1v) is 46.6. The van der Waals surface area contributed by atoms with E-state index < -0.39 is 164 Å². The molecule has 678 valence electrons. The summed E-state index contributed by atoms with van der Waals surface area (Å²) in [5.74, 6) is -6.58. The minimum absolute atomic E-state index is 0.00921. The van der Waals surface area contributed by atoms with E-state index in [9.17, 15) is 98.0 Å². The van der Waals surface area contributed by atoms with E-state index in [2.05, 4.69) is 104 Å². The molecule has 0 aliphatic heterocycles. The highest BCUT2D eigenvalue weighted by molar-refractivity contribution is 7.90. The van der Waals surface area contributed by atoms with Crippen LogP contribution < -0.4 is 74.4 Å². The molecule has 0 aliphatic rings. The Morgan fingerprint density at radius 3 is 0.579 bits per heavy atom. The van der Waals surface area contributed by atoms with Gasteiger partial charge in [0.25, 0.3) is 20.2 Å². The van der Waals surface area contributed by atoms with E-state index in [0.29, 0.717) is 0 Å². The van der Waals surface area contributed by atoms with Crippen LogP contribution >= 0.6 is 0 Å². The van der Waals surface area contributed by atoms with Crippen LogP contribution in [0.2, 0.25) is 0 Å². The summed E-state index contributed by atoms with van der Waals surface area (Å²) in [6.07, 6.45) is -2.27. The summed E-state index contributed by atoms with van der Waals surface area (Å²) in [6.45, 7) is -2.75. The Morgan fingerprint density at radius 1 is 0.254 bits per heavy atom. The summed E-state index contributed by atoms with van der Waals surface area (Å²) in [7, 11) is -18.1. The van der Waals surface area contributed by atoms with E-state index in [0.717, 1.165) is 53.6 Å². The summed E-state index contributed by atoms with van der Waals surface area (Å²) in [5, 5.41) is 36.4. The fourth-order valence-electron chi connectivity index (χ4n) is 11.7. The zero-order valence-electron chi connectivity index (χ0n) is 69.0. The van der Waals surface area contributed by atoms with Gasteiger partial charge in [-0.3, -0.25) is 47.5 Å². The number of carbonyl (C=O) groups excluding carboxylic acids is 8. The topological polar surface area (TPSA) is 641 Å². The first-order chi connectivity index (χ1) is 59.6. The first-order valence-electron chi connectivity index (χ1n) is 38.0. The quantitative estimate of drug-likeness (QED) is 0.0242. The van der Waals surface area contributed by atoms with Crippen molar-refractivity contribution in [1.82, 2.24) is 89.7 Å². The Hall–Kier alpha value is -12.6. The molecule has 126 heavy (non-hydrogen) atoms. The number of nitrogens with one attached hydrogen (secondary N) is 14. The van der Waals surface area contributed by atoms with Crippen molar-refractivity contribution in [2.45, 2.75) is 80.7 Å². The third-order valence-electron chi connectivity index (χ3n) is 18.4. The number of aromatic nitrogens is 6. The molecule has 16 N–H and O–H groups in total. The number of hydrogen-bond donors (Lipinski definition) is 16.